The summed E-state index contributed by atoms with van der Waals surface area (Å²) in [4.78, 5) is 11.6. The second kappa shape index (κ2) is 4.14. The van der Waals surface area contributed by atoms with Crippen molar-refractivity contribution in [2.24, 2.45) is 11.7 Å². The summed E-state index contributed by atoms with van der Waals surface area (Å²) >= 11 is 0. The molecule has 1 atom stereocenters. The minimum absolute atomic E-state index is 0.0201. The molecule has 2 rings (SSSR count). The SMILES string of the molecule is CC1CCc2nn(CCN)c(=O)cc2C1. The van der Waals surface area contributed by atoms with Gasteiger partial charge in [0, 0.05) is 12.6 Å². The van der Waals surface area contributed by atoms with Gasteiger partial charge in [0.05, 0.1) is 12.2 Å². The molecule has 0 saturated heterocycles. The van der Waals surface area contributed by atoms with Gasteiger partial charge < -0.3 is 5.73 Å². The zero-order valence-corrected chi connectivity index (χ0v) is 9.07. The molecule has 0 aliphatic heterocycles. The lowest BCUT2D eigenvalue weighted by molar-refractivity contribution is 0.470. The van der Waals surface area contributed by atoms with Crippen molar-refractivity contribution in [3.05, 3.63) is 27.7 Å². The maximum atomic E-state index is 11.6. The Bertz CT molecular complexity index is 411. The van der Waals surface area contributed by atoms with Crippen molar-refractivity contribution >= 4 is 0 Å². The van der Waals surface area contributed by atoms with Crippen molar-refractivity contribution < 1.29 is 0 Å². The molecule has 0 fully saturated rings. The van der Waals surface area contributed by atoms with Crippen molar-refractivity contribution in [3.63, 3.8) is 0 Å². The van der Waals surface area contributed by atoms with Crippen molar-refractivity contribution in [2.75, 3.05) is 6.54 Å². The first kappa shape index (κ1) is 10.4. The molecule has 1 aromatic heterocycles. The highest BCUT2D eigenvalue weighted by Gasteiger charge is 2.17. The van der Waals surface area contributed by atoms with Crippen molar-refractivity contribution in [3.8, 4) is 0 Å². The van der Waals surface area contributed by atoms with Crippen LogP contribution in [0, 0.1) is 5.92 Å². The molecule has 1 unspecified atom stereocenters. The Balaban J connectivity index is 2.37. The molecule has 1 aromatic rings. The van der Waals surface area contributed by atoms with Gasteiger partial charge in [-0.3, -0.25) is 4.79 Å². The first-order valence-corrected chi connectivity index (χ1v) is 5.50. The van der Waals surface area contributed by atoms with Gasteiger partial charge in [0.25, 0.3) is 5.56 Å². The van der Waals surface area contributed by atoms with Gasteiger partial charge in [-0.05, 0) is 30.7 Å². The first-order valence-electron chi connectivity index (χ1n) is 5.50. The molecule has 0 saturated carbocycles. The number of hydrogen-bond acceptors (Lipinski definition) is 3. The molecular weight excluding hydrogens is 190 g/mol. The van der Waals surface area contributed by atoms with Crippen LogP contribution in [0.2, 0.25) is 0 Å². The maximum Gasteiger partial charge on any atom is 0.267 e. The third-order valence-corrected chi connectivity index (χ3v) is 2.95. The quantitative estimate of drug-likeness (QED) is 0.760. The lowest BCUT2D eigenvalue weighted by Crippen LogP contribution is -2.29. The van der Waals surface area contributed by atoms with E-state index in [0.29, 0.717) is 19.0 Å². The number of rotatable bonds is 2. The largest absolute Gasteiger partial charge is 0.329 e. The van der Waals surface area contributed by atoms with E-state index in [0.717, 1.165) is 24.1 Å². The van der Waals surface area contributed by atoms with Gasteiger partial charge in [-0.1, -0.05) is 6.92 Å². The average molecular weight is 207 g/mol. The number of aryl methyl sites for hydroxylation is 1. The topological polar surface area (TPSA) is 60.9 Å². The van der Waals surface area contributed by atoms with Gasteiger partial charge in [-0.25, -0.2) is 4.68 Å². The van der Waals surface area contributed by atoms with Gasteiger partial charge in [0.1, 0.15) is 0 Å². The Morgan fingerprint density at radius 2 is 2.47 bits per heavy atom. The predicted molar refractivity (Wildman–Crippen MR) is 58.7 cm³/mol. The van der Waals surface area contributed by atoms with Crippen LogP contribution in [0.5, 0.6) is 0 Å². The second-order valence-electron chi connectivity index (χ2n) is 4.31. The summed E-state index contributed by atoms with van der Waals surface area (Å²) in [6.07, 6.45) is 3.14. The van der Waals surface area contributed by atoms with Crippen LogP contribution >= 0.6 is 0 Å². The van der Waals surface area contributed by atoms with Gasteiger partial charge >= 0.3 is 0 Å². The van der Waals surface area contributed by atoms with Crippen molar-refractivity contribution in [1.82, 2.24) is 9.78 Å². The van der Waals surface area contributed by atoms with E-state index in [1.165, 1.54) is 11.1 Å². The van der Waals surface area contributed by atoms with Gasteiger partial charge in [0.2, 0.25) is 0 Å². The van der Waals surface area contributed by atoms with Crippen LogP contribution < -0.4 is 11.3 Å². The second-order valence-corrected chi connectivity index (χ2v) is 4.31. The fraction of sp³-hybridized carbons (Fsp3) is 0.636. The summed E-state index contributed by atoms with van der Waals surface area (Å²) in [5.74, 6) is 0.670. The van der Waals surface area contributed by atoms with E-state index in [9.17, 15) is 4.79 Å². The maximum absolute atomic E-state index is 11.6. The molecule has 1 aliphatic rings. The Kier molecular flexibility index (Phi) is 2.86. The molecule has 4 heteroatoms. The highest BCUT2D eigenvalue weighted by atomic mass is 16.1. The summed E-state index contributed by atoms with van der Waals surface area (Å²) < 4.78 is 1.48. The number of nitrogens with two attached hydrogens (primary N) is 1. The predicted octanol–water partition coefficient (Wildman–Crippen LogP) is 0.327. The van der Waals surface area contributed by atoms with Crippen LogP contribution in [0.4, 0.5) is 0 Å². The molecule has 82 valence electrons. The van der Waals surface area contributed by atoms with Crippen molar-refractivity contribution in [1.29, 1.82) is 0 Å². The van der Waals surface area contributed by atoms with E-state index < -0.39 is 0 Å². The van der Waals surface area contributed by atoms with E-state index in [1.54, 1.807) is 6.07 Å². The fourth-order valence-electron chi connectivity index (χ4n) is 2.10. The summed E-state index contributed by atoms with van der Waals surface area (Å²) in [6, 6.07) is 1.73. The van der Waals surface area contributed by atoms with Crippen molar-refractivity contribution in [2.45, 2.75) is 32.7 Å². The lowest BCUT2D eigenvalue weighted by atomic mass is 9.88. The molecule has 0 bridgehead atoms. The summed E-state index contributed by atoms with van der Waals surface area (Å²) in [5.41, 5.74) is 7.62. The zero-order valence-electron chi connectivity index (χ0n) is 9.07. The lowest BCUT2D eigenvalue weighted by Gasteiger charge is -2.20. The minimum atomic E-state index is -0.0201. The number of nitrogens with zero attached hydrogens (tertiary/aromatic N) is 2. The van der Waals surface area contributed by atoms with Crippen LogP contribution in [0.1, 0.15) is 24.6 Å². The molecule has 0 aromatic carbocycles. The number of hydrogen-bond donors (Lipinski definition) is 1. The number of fused-ring (bicyclic) bond motifs is 1. The fourth-order valence-corrected chi connectivity index (χ4v) is 2.10. The van der Waals surface area contributed by atoms with E-state index >= 15 is 0 Å². The highest BCUT2D eigenvalue weighted by Crippen LogP contribution is 2.21. The molecule has 1 aliphatic carbocycles. The Morgan fingerprint density at radius 3 is 3.20 bits per heavy atom. The van der Waals surface area contributed by atoms with Crippen LogP contribution in [0.15, 0.2) is 10.9 Å². The molecule has 0 radical (unpaired) electrons. The summed E-state index contributed by atoms with van der Waals surface area (Å²) in [5, 5.41) is 4.36. The van der Waals surface area contributed by atoms with Crippen LogP contribution in [0.25, 0.3) is 0 Å². The number of aromatic nitrogens is 2. The molecule has 2 N–H and O–H groups in total. The standard InChI is InChI=1S/C11H17N3O/c1-8-2-3-10-9(6-8)7-11(15)14(13-10)5-4-12/h7-8H,2-6,12H2,1H3. The Morgan fingerprint density at radius 1 is 1.67 bits per heavy atom. The average Bonchev–Trinajstić information content (AvgIpc) is 2.20. The molecule has 15 heavy (non-hydrogen) atoms. The molecule has 0 amide bonds. The summed E-state index contributed by atoms with van der Waals surface area (Å²) in [6.45, 7) is 3.19. The van der Waals surface area contributed by atoms with E-state index in [2.05, 4.69) is 12.0 Å². The molecule has 1 heterocycles. The molecular formula is C11H17N3O. The third-order valence-electron chi connectivity index (χ3n) is 2.95. The minimum Gasteiger partial charge on any atom is -0.329 e. The van der Waals surface area contributed by atoms with Gasteiger partial charge in [-0.15, -0.1) is 0 Å². The van der Waals surface area contributed by atoms with E-state index in [1.807, 2.05) is 0 Å². The smallest absolute Gasteiger partial charge is 0.267 e. The third kappa shape index (κ3) is 2.09. The normalized spacial score (nSPS) is 20.0. The van der Waals surface area contributed by atoms with Crippen LogP contribution in [-0.2, 0) is 19.4 Å². The highest BCUT2D eigenvalue weighted by molar-refractivity contribution is 5.21. The van der Waals surface area contributed by atoms with E-state index in [4.69, 9.17) is 5.73 Å². The zero-order chi connectivity index (χ0) is 10.8. The monoisotopic (exact) mass is 207 g/mol. The molecule has 4 nitrogen and oxygen atoms in total. The van der Waals surface area contributed by atoms with Crippen LogP contribution in [-0.4, -0.2) is 16.3 Å². The Labute approximate surface area is 89.1 Å². The van der Waals surface area contributed by atoms with Crippen LogP contribution in [0.3, 0.4) is 0 Å². The first-order chi connectivity index (χ1) is 7.20. The van der Waals surface area contributed by atoms with E-state index in [-0.39, 0.29) is 5.56 Å². The summed E-state index contributed by atoms with van der Waals surface area (Å²) in [7, 11) is 0. The molecule has 0 spiro atoms. The van der Waals surface area contributed by atoms with Gasteiger partial charge in [-0.2, -0.15) is 5.10 Å². The van der Waals surface area contributed by atoms with Gasteiger partial charge in [0.15, 0.2) is 0 Å². The Hall–Kier alpha value is -1.16.